The average molecular weight is 524 g/mol. The Morgan fingerprint density at radius 2 is 2.13 bits per heavy atom. The van der Waals surface area contributed by atoms with Crippen molar-refractivity contribution < 1.29 is 22.7 Å². The van der Waals surface area contributed by atoms with Gasteiger partial charge in [-0.05, 0) is 47.7 Å². The van der Waals surface area contributed by atoms with Gasteiger partial charge in [-0.1, -0.05) is 31.3 Å². The number of aryl methyl sites for hydroxylation is 1. The predicted octanol–water partition coefficient (Wildman–Crippen LogP) is 6.43. The molecule has 1 aliphatic carbocycles. The number of hydrogen-bond donors (Lipinski definition) is 0. The molecule has 0 amide bonds. The SMILES string of the molecule is COC(=O)c1c(Br)c(C)nn1-c1nc(C2=CCC(C(F)(F)F)CC2)c(SC(C)C)s1. The van der Waals surface area contributed by atoms with Crippen molar-refractivity contribution >= 4 is 50.6 Å². The summed E-state index contributed by atoms with van der Waals surface area (Å²) in [4.78, 5) is 17.0. The van der Waals surface area contributed by atoms with Crippen LogP contribution in [0.1, 0.15) is 55.0 Å². The second-order valence-electron chi connectivity index (χ2n) is 7.19. The molecule has 0 aliphatic heterocycles. The van der Waals surface area contributed by atoms with Crippen molar-refractivity contribution in [1.29, 1.82) is 0 Å². The molecule has 2 heterocycles. The normalized spacial score (nSPS) is 17.4. The number of carbonyl (C=O) groups excluding carboxylic acids is 1. The fourth-order valence-electron chi connectivity index (χ4n) is 3.15. The lowest BCUT2D eigenvalue weighted by Crippen LogP contribution is -2.24. The molecule has 0 fully saturated rings. The highest BCUT2D eigenvalue weighted by Gasteiger charge is 2.40. The van der Waals surface area contributed by atoms with E-state index in [4.69, 9.17) is 9.72 Å². The summed E-state index contributed by atoms with van der Waals surface area (Å²) in [5.41, 5.74) is 2.32. The summed E-state index contributed by atoms with van der Waals surface area (Å²) >= 11 is 6.34. The Morgan fingerprint density at radius 3 is 2.67 bits per heavy atom. The second kappa shape index (κ2) is 9.04. The summed E-state index contributed by atoms with van der Waals surface area (Å²) in [6.45, 7) is 5.83. The number of methoxy groups -OCH3 is 1. The lowest BCUT2D eigenvalue weighted by atomic mass is 9.88. The van der Waals surface area contributed by atoms with Gasteiger partial charge in [0.1, 0.15) is 0 Å². The van der Waals surface area contributed by atoms with Crippen molar-refractivity contribution in [3.63, 3.8) is 0 Å². The number of hydrogen-bond acceptors (Lipinski definition) is 6. The van der Waals surface area contributed by atoms with Gasteiger partial charge in [-0.15, -0.1) is 11.8 Å². The van der Waals surface area contributed by atoms with Gasteiger partial charge in [0.2, 0.25) is 5.13 Å². The van der Waals surface area contributed by atoms with Crippen molar-refractivity contribution in [2.45, 2.75) is 55.7 Å². The lowest BCUT2D eigenvalue weighted by molar-refractivity contribution is -0.175. The zero-order valence-corrected chi connectivity index (χ0v) is 20.1. The molecule has 0 aromatic carbocycles. The van der Waals surface area contributed by atoms with E-state index in [1.54, 1.807) is 24.8 Å². The van der Waals surface area contributed by atoms with Gasteiger partial charge in [0, 0.05) is 5.25 Å². The summed E-state index contributed by atoms with van der Waals surface area (Å²) in [6, 6.07) is 0. The molecule has 164 valence electrons. The Balaban J connectivity index is 2.05. The fourth-order valence-corrected chi connectivity index (χ4v) is 6.06. The summed E-state index contributed by atoms with van der Waals surface area (Å²) in [5.74, 6) is -1.86. The van der Waals surface area contributed by atoms with Crippen LogP contribution in [-0.2, 0) is 4.74 Å². The first-order valence-corrected chi connectivity index (χ1v) is 11.8. The molecule has 0 bridgehead atoms. The molecule has 2 aromatic heterocycles. The van der Waals surface area contributed by atoms with Crippen LogP contribution in [0.15, 0.2) is 14.8 Å². The van der Waals surface area contributed by atoms with Crippen LogP contribution in [0.4, 0.5) is 13.2 Å². The minimum absolute atomic E-state index is 0.0443. The summed E-state index contributed by atoms with van der Waals surface area (Å²) in [7, 11) is 1.29. The number of thioether (sulfide) groups is 1. The van der Waals surface area contributed by atoms with Crippen LogP contribution < -0.4 is 0 Å². The quantitative estimate of drug-likeness (QED) is 0.333. The third kappa shape index (κ3) is 4.77. The van der Waals surface area contributed by atoms with Crippen LogP contribution in [0.3, 0.4) is 0 Å². The van der Waals surface area contributed by atoms with Gasteiger partial charge in [0.15, 0.2) is 5.69 Å². The molecule has 30 heavy (non-hydrogen) atoms. The Kier molecular flexibility index (Phi) is 7.03. The molecule has 1 aliphatic rings. The van der Waals surface area contributed by atoms with E-state index < -0.39 is 18.1 Å². The molecular weight excluding hydrogens is 503 g/mol. The van der Waals surface area contributed by atoms with Crippen LogP contribution in [0.5, 0.6) is 0 Å². The van der Waals surface area contributed by atoms with Crippen molar-refractivity contribution in [3.05, 3.63) is 27.6 Å². The number of halogens is 4. The van der Waals surface area contributed by atoms with E-state index in [9.17, 15) is 18.0 Å². The maximum atomic E-state index is 13.0. The number of esters is 1. The van der Waals surface area contributed by atoms with Gasteiger partial charge in [-0.2, -0.15) is 23.0 Å². The average Bonchev–Trinajstić information content (AvgIpc) is 3.21. The van der Waals surface area contributed by atoms with Crippen LogP contribution >= 0.6 is 39.0 Å². The van der Waals surface area contributed by atoms with E-state index in [0.29, 0.717) is 27.4 Å². The minimum Gasteiger partial charge on any atom is -0.464 e. The molecule has 0 N–H and O–H groups in total. The van der Waals surface area contributed by atoms with Gasteiger partial charge in [-0.3, -0.25) is 0 Å². The Labute approximate surface area is 189 Å². The lowest BCUT2D eigenvalue weighted by Gasteiger charge is -2.23. The van der Waals surface area contributed by atoms with Crippen molar-refractivity contribution in [3.8, 4) is 5.13 Å². The maximum Gasteiger partial charge on any atom is 0.392 e. The standard InChI is InChI=1S/C19H21BrF3N3O2S2/c1-9(2)29-17-14(11-5-7-12(8-6-11)19(21,22)23)24-18(30-17)26-15(16(27)28-4)13(20)10(3)25-26/h5,9,12H,6-8H2,1-4H3. The van der Waals surface area contributed by atoms with E-state index in [1.807, 2.05) is 13.8 Å². The van der Waals surface area contributed by atoms with Crippen LogP contribution in [0.2, 0.25) is 0 Å². The molecule has 11 heteroatoms. The monoisotopic (exact) mass is 523 g/mol. The van der Waals surface area contributed by atoms with Gasteiger partial charge in [0.25, 0.3) is 0 Å². The highest BCUT2D eigenvalue weighted by molar-refractivity contribution is 9.10. The molecule has 0 radical (unpaired) electrons. The number of carbonyl (C=O) groups is 1. The highest BCUT2D eigenvalue weighted by atomic mass is 79.9. The largest absolute Gasteiger partial charge is 0.464 e. The predicted molar refractivity (Wildman–Crippen MR) is 115 cm³/mol. The maximum absolute atomic E-state index is 13.0. The Morgan fingerprint density at radius 1 is 1.43 bits per heavy atom. The smallest absolute Gasteiger partial charge is 0.392 e. The van der Waals surface area contributed by atoms with Crippen molar-refractivity contribution in [2.75, 3.05) is 7.11 Å². The third-order valence-corrected chi connectivity index (χ3v) is 7.85. The second-order valence-corrected chi connectivity index (χ2v) is 10.8. The Hall–Kier alpha value is -1.33. The molecule has 5 nitrogen and oxygen atoms in total. The molecule has 0 spiro atoms. The number of rotatable bonds is 5. The molecule has 0 saturated carbocycles. The number of ether oxygens (including phenoxy) is 1. The summed E-state index contributed by atoms with van der Waals surface area (Å²) < 4.78 is 46.8. The van der Waals surface area contributed by atoms with Crippen LogP contribution in [0, 0.1) is 12.8 Å². The molecule has 0 saturated heterocycles. The van der Waals surface area contributed by atoms with Crippen molar-refractivity contribution in [1.82, 2.24) is 14.8 Å². The van der Waals surface area contributed by atoms with Crippen LogP contribution in [0.25, 0.3) is 10.7 Å². The van der Waals surface area contributed by atoms with E-state index in [1.165, 1.54) is 23.1 Å². The number of nitrogens with zero attached hydrogens (tertiary/aromatic N) is 3. The van der Waals surface area contributed by atoms with E-state index in [2.05, 4.69) is 21.0 Å². The van der Waals surface area contributed by atoms with Gasteiger partial charge < -0.3 is 4.74 Å². The minimum atomic E-state index is -4.18. The molecule has 1 atom stereocenters. The Bertz CT molecular complexity index is 983. The number of allylic oxidation sites excluding steroid dienone is 2. The van der Waals surface area contributed by atoms with E-state index in [0.717, 1.165) is 9.78 Å². The summed E-state index contributed by atoms with van der Waals surface area (Å²) in [6.07, 6.45) is -2.22. The van der Waals surface area contributed by atoms with E-state index >= 15 is 0 Å². The number of aromatic nitrogens is 3. The number of alkyl halides is 3. The van der Waals surface area contributed by atoms with Crippen LogP contribution in [-0.4, -0.2) is 39.3 Å². The zero-order valence-electron chi connectivity index (χ0n) is 16.8. The molecule has 2 aromatic rings. The first-order valence-electron chi connectivity index (χ1n) is 9.30. The molecule has 3 rings (SSSR count). The van der Waals surface area contributed by atoms with Gasteiger partial charge in [-0.25, -0.2) is 9.78 Å². The molecule has 1 unspecified atom stereocenters. The third-order valence-electron chi connectivity index (χ3n) is 4.65. The first-order chi connectivity index (χ1) is 14.0. The fraction of sp³-hybridized carbons (Fsp3) is 0.526. The number of thiazole rings is 1. The molecular formula is C19H21BrF3N3O2S2. The zero-order chi connectivity index (χ0) is 22.2. The van der Waals surface area contributed by atoms with E-state index in [-0.39, 0.29) is 23.8 Å². The van der Waals surface area contributed by atoms with Gasteiger partial charge in [0.05, 0.1) is 33.1 Å². The van der Waals surface area contributed by atoms with Crippen molar-refractivity contribution in [2.24, 2.45) is 5.92 Å². The summed E-state index contributed by atoms with van der Waals surface area (Å²) in [5, 5.41) is 5.14. The first kappa shape index (κ1) is 23.3. The topological polar surface area (TPSA) is 57.0 Å². The van der Waals surface area contributed by atoms with Gasteiger partial charge >= 0.3 is 12.1 Å². The highest BCUT2D eigenvalue weighted by Crippen LogP contribution is 2.44.